The molecule has 1 aromatic carbocycles. The van der Waals surface area contributed by atoms with Crippen LogP contribution in [0.5, 0.6) is 5.75 Å². The first kappa shape index (κ1) is 30.1. The molecule has 0 aliphatic carbocycles. The van der Waals surface area contributed by atoms with E-state index in [-0.39, 0.29) is 9.23 Å². The second-order valence-corrected chi connectivity index (χ2v) is 10.1. The van der Waals surface area contributed by atoms with Crippen LogP contribution in [0.3, 0.4) is 0 Å². The summed E-state index contributed by atoms with van der Waals surface area (Å²) in [4.78, 5) is 62.5. The number of ether oxygens (including phenoxy) is 6. The molecule has 2 fully saturated rings. The quantitative estimate of drug-likeness (QED) is 0.191. The zero-order chi connectivity index (χ0) is 28.9. The molecule has 3 rings (SSSR count). The summed E-state index contributed by atoms with van der Waals surface area (Å²) in [7, 11) is 1.54. The first-order valence-corrected chi connectivity index (χ1v) is 12.8. The van der Waals surface area contributed by atoms with Crippen molar-refractivity contribution in [3.8, 4) is 5.75 Å². The molecular formula is C25H27NO11S2. The lowest BCUT2D eigenvalue weighted by molar-refractivity contribution is -0.268. The zero-order valence-corrected chi connectivity index (χ0v) is 23.4. The van der Waals surface area contributed by atoms with Crippen molar-refractivity contribution in [2.24, 2.45) is 0 Å². The smallest absolute Gasteiger partial charge is 0.303 e. The fourth-order valence-electron chi connectivity index (χ4n) is 3.96. The average Bonchev–Trinajstić information content (AvgIpc) is 3.12. The molecule has 2 aliphatic rings. The highest BCUT2D eigenvalue weighted by Crippen LogP contribution is 2.39. The van der Waals surface area contributed by atoms with Gasteiger partial charge in [0, 0.05) is 27.7 Å². The van der Waals surface area contributed by atoms with Crippen LogP contribution in [0, 0.1) is 0 Å². The molecule has 2 heterocycles. The number of methoxy groups -OCH3 is 1. The van der Waals surface area contributed by atoms with E-state index in [2.05, 4.69) is 0 Å². The summed E-state index contributed by atoms with van der Waals surface area (Å²) in [6.45, 7) is 4.08. The third-order valence-corrected chi connectivity index (χ3v) is 6.79. The lowest BCUT2D eigenvalue weighted by atomic mass is 9.96. The summed E-state index contributed by atoms with van der Waals surface area (Å²) < 4.78 is 32.6. The van der Waals surface area contributed by atoms with Gasteiger partial charge in [0.05, 0.1) is 12.0 Å². The van der Waals surface area contributed by atoms with Crippen LogP contribution in [-0.4, -0.2) is 83.4 Å². The number of rotatable bonds is 8. The Balaban J connectivity index is 2.03. The number of benzene rings is 1. The Kier molecular flexibility index (Phi) is 10.1. The number of carbonyl (C=O) groups is 5. The van der Waals surface area contributed by atoms with E-state index in [1.165, 1.54) is 14.0 Å². The predicted octanol–water partition coefficient (Wildman–Crippen LogP) is 1.98. The number of hydrogen-bond donors (Lipinski definition) is 0. The maximum atomic E-state index is 13.6. The van der Waals surface area contributed by atoms with Crippen LogP contribution >= 0.6 is 24.0 Å². The molecule has 1 amide bonds. The van der Waals surface area contributed by atoms with Crippen molar-refractivity contribution >= 4 is 64.2 Å². The van der Waals surface area contributed by atoms with Crippen molar-refractivity contribution < 1.29 is 52.4 Å². The van der Waals surface area contributed by atoms with Crippen molar-refractivity contribution in [1.29, 1.82) is 0 Å². The zero-order valence-electron chi connectivity index (χ0n) is 21.7. The summed E-state index contributed by atoms with van der Waals surface area (Å²) in [5.41, 5.74) is 0.692. The minimum absolute atomic E-state index is 0.0701. The maximum absolute atomic E-state index is 13.6. The third kappa shape index (κ3) is 7.55. The van der Waals surface area contributed by atoms with Crippen molar-refractivity contribution in [2.75, 3.05) is 13.7 Å². The number of hydrogen-bond acceptors (Lipinski definition) is 13. The van der Waals surface area contributed by atoms with Crippen LogP contribution in [0.1, 0.15) is 33.3 Å². The van der Waals surface area contributed by atoms with Crippen LogP contribution in [0.2, 0.25) is 0 Å². The topological polar surface area (TPSA) is 144 Å². The second-order valence-electron chi connectivity index (χ2n) is 8.41. The van der Waals surface area contributed by atoms with Gasteiger partial charge in [0.15, 0.2) is 28.9 Å². The minimum Gasteiger partial charge on any atom is -0.497 e. The molecule has 1 aromatic rings. The van der Waals surface area contributed by atoms with Crippen LogP contribution in [0.4, 0.5) is 0 Å². The van der Waals surface area contributed by atoms with E-state index >= 15 is 0 Å². The van der Waals surface area contributed by atoms with Crippen molar-refractivity contribution in [3.63, 3.8) is 0 Å². The first-order chi connectivity index (χ1) is 18.4. The van der Waals surface area contributed by atoms with E-state index in [4.69, 9.17) is 40.6 Å². The molecule has 0 radical (unpaired) electrons. The van der Waals surface area contributed by atoms with Gasteiger partial charge in [0.25, 0.3) is 5.91 Å². The number of esters is 4. The summed E-state index contributed by atoms with van der Waals surface area (Å²) in [6.07, 6.45) is -5.24. The van der Waals surface area contributed by atoms with Gasteiger partial charge < -0.3 is 28.4 Å². The molecule has 210 valence electrons. The van der Waals surface area contributed by atoms with E-state index < -0.39 is 67.0 Å². The molecule has 0 aromatic heterocycles. The molecule has 5 atom stereocenters. The third-order valence-electron chi connectivity index (χ3n) is 5.46. The summed E-state index contributed by atoms with van der Waals surface area (Å²) in [5, 5.41) is 0. The standard InChI is InChI=1S/C25H27NO11S2/c1-12(27)33-11-18-20(34-13(2)28)21(35-14(3)29)22(36-15(4)30)24(37-18)26-23(31)19(39-25(26)38)10-16-6-8-17(32-5)9-7-16/h6-10,18,20-22,24H,11H2,1-5H3/b19-10+/t18-,20+,21+,22-,24-/m1/s1. The molecule has 0 spiro atoms. The Labute approximate surface area is 233 Å². The van der Waals surface area contributed by atoms with Crippen LogP contribution in [0.25, 0.3) is 6.08 Å². The van der Waals surface area contributed by atoms with Gasteiger partial charge in [0.2, 0.25) is 0 Å². The van der Waals surface area contributed by atoms with E-state index in [0.29, 0.717) is 11.3 Å². The van der Waals surface area contributed by atoms with E-state index in [0.717, 1.165) is 37.4 Å². The number of carbonyl (C=O) groups excluding carboxylic acids is 5. The van der Waals surface area contributed by atoms with E-state index in [9.17, 15) is 24.0 Å². The highest BCUT2D eigenvalue weighted by atomic mass is 32.2. The van der Waals surface area contributed by atoms with E-state index in [1.807, 2.05) is 0 Å². The molecule has 14 heteroatoms. The van der Waals surface area contributed by atoms with Crippen LogP contribution in [0.15, 0.2) is 29.2 Å². The monoisotopic (exact) mass is 581 g/mol. The van der Waals surface area contributed by atoms with Gasteiger partial charge in [-0.3, -0.25) is 28.9 Å². The lowest BCUT2D eigenvalue weighted by Gasteiger charge is -2.46. The molecular weight excluding hydrogens is 554 g/mol. The van der Waals surface area contributed by atoms with Gasteiger partial charge in [0.1, 0.15) is 18.5 Å². The molecule has 0 saturated carbocycles. The normalized spacial score (nSPS) is 25.7. The molecule has 0 unspecified atom stereocenters. The van der Waals surface area contributed by atoms with Gasteiger partial charge in [-0.1, -0.05) is 36.1 Å². The van der Waals surface area contributed by atoms with Crippen molar-refractivity contribution in [1.82, 2.24) is 4.90 Å². The van der Waals surface area contributed by atoms with Gasteiger partial charge in [-0.25, -0.2) is 0 Å². The fourth-order valence-corrected chi connectivity index (χ4v) is 5.27. The van der Waals surface area contributed by atoms with Crippen molar-refractivity contribution in [3.05, 3.63) is 34.7 Å². The Morgan fingerprint density at radius 3 is 2.03 bits per heavy atom. The molecule has 0 bridgehead atoms. The highest BCUT2D eigenvalue weighted by Gasteiger charge is 2.56. The highest BCUT2D eigenvalue weighted by molar-refractivity contribution is 8.26. The molecule has 0 N–H and O–H groups in total. The van der Waals surface area contributed by atoms with Gasteiger partial charge in [-0.2, -0.15) is 0 Å². The van der Waals surface area contributed by atoms with Crippen molar-refractivity contribution in [2.45, 2.75) is 58.3 Å². The number of nitrogens with zero attached hydrogens (tertiary/aromatic N) is 1. The Morgan fingerprint density at radius 1 is 0.923 bits per heavy atom. The average molecular weight is 582 g/mol. The Hall–Kier alpha value is -3.49. The van der Waals surface area contributed by atoms with Gasteiger partial charge in [-0.05, 0) is 23.8 Å². The second kappa shape index (κ2) is 13.0. The molecule has 2 saturated heterocycles. The largest absolute Gasteiger partial charge is 0.497 e. The maximum Gasteiger partial charge on any atom is 0.303 e. The van der Waals surface area contributed by atoms with E-state index in [1.54, 1.807) is 30.3 Å². The van der Waals surface area contributed by atoms with Gasteiger partial charge >= 0.3 is 23.9 Å². The molecule has 39 heavy (non-hydrogen) atoms. The number of thioether (sulfide) groups is 1. The van der Waals surface area contributed by atoms with Crippen LogP contribution in [-0.2, 0) is 47.7 Å². The molecule has 2 aliphatic heterocycles. The van der Waals surface area contributed by atoms with Gasteiger partial charge in [-0.15, -0.1) is 0 Å². The molecule has 12 nitrogen and oxygen atoms in total. The SMILES string of the molecule is COc1ccc(/C=C2/SC(=S)N([C@@H]3O[C@H](COC(C)=O)[C@H](OC(C)=O)[C@H](OC(C)=O)[C@H]3OC(C)=O)C2=O)cc1. The number of amides is 1. The first-order valence-electron chi connectivity index (χ1n) is 11.6. The lowest BCUT2D eigenvalue weighted by Crippen LogP contribution is -2.66. The minimum atomic E-state index is -1.45. The fraction of sp³-hybridized carbons (Fsp3) is 0.440. The predicted molar refractivity (Wildman–Crippen MR) is 140 cm³/mol. The Morgan fingerprint density at radius 2 is 1.49 bits per heavy atom. The summed E-state index contributed by atoms with van der Waals surface area (Å²) in [5.74, 6) is -2.92. The summed E-state index contributed by atoms with van der Waals surface area (Å²) in [6, 6.07) is 6.96. The number of thiocarbonyl (C=S) groups is 1. The summed E-state index contributed by atoms with van der Waals surface area (Å²) >= 11 is 6.46. The Bertz CT molecular complexity index is 1180. The van der Waals surface area contributed by atoms with Crippen LogP contribution < -0.4 is 4.74 Å².